The van der Waals surface area contributed by atoms with E-state index in [0.717, 1.165) is 13.1 Å². The van der Waals surface area contributed by atoms with Crippen LogP contribution in [0.25, 0.3) is 0 Å². The number of carbonyl (C=O) groups is 1. The summed E-state index contributed by atoms with van der Waals surface area (Å²) < 4.78 is 4.97. The Morgan fingerprint density at radius 3 is 2.73 bits per heavy atom. The molecule has 2 heterocycles. The van der Waals surface area contributed by atoms with E-state index in [-0.39, 0.29) is 5.91 Å². The summed E-state index contributed by atoms with van der Waals surface area (Å²) in [5, 5.41) is 3.90. The standard InChI is InChI=1S/C15H19N5O2/c1-11-17-14(18-22-11)10-19-5-7-20(8-6-19)15(21)12-3-2-4-13(16)9-12/h2-4,9H,5-8,10,16H2,1H3. The van der Waals surface area contributed by atoms with Gasteiger partial charge in [-0.25, -0.2) is 0 Å². The van der Waals surface area contributed by atoms with E-state index in [1.807, 2.05) is 4.90 Å². The minimum Gasteiger partial charge on any atom is -0.399 e. The molecule has 0 spiro atoms. The first-order valence-corrected chi connectivity index (χ1v) is 7.28. The summed E-state index contributed by atoms with van der Waals surface area (Å²) >= 11 is 0. The normalized spacial score (nSPS) is 16.0. The molecule has 22 heavy (non-hydrogen) atoms. The van der Waals surface area contributed by atoms with E-state index >= 15 is 0 Å². The largest absolute Gasteiger partial charge is 0.399 e. The van der Waals surface area contributed by atoms with Gasteiger partial charge < -0.3 is 15.2 Å². The van der Waals surface area contributed by atoms with Crippen molar-refractivity contribution in [3.05, 3.63) is 41.5 Å². The van der Waals surface area contributed by atoms with Gasteiger partial charge in [0.2, 0.25) is 5.89 Å². The lowest BCUT2D eigenvalue weighted by atomic mass is 10.1. The van der Waals surface area contributed by atoms with Gasteiger partial charge in [0.1, 0.15) is 0 Å². The molecule has 0 radical (unpaired) electrons. The Kier molecular flexibility index (Phi) is 4.06. The van der Waals surface area contributed by atoms with Crippen LogP contribution in [0.2, 0.25) is 0 Å². The van der Waals surface area contributed by atoms with Crippen LogP contribution in [0.3, 0.4) is 0 Å². The Labute approximate surface area is 128 Å². The minimum atomic E-state index is 0.0300. The molecule has 0 aliphatic carbocycles. The van der Waals surface area contributed by atoms with Crippen LogP contribution >= 0.6 is 0 Å². The second-order valence-corrected chi connectivity index (χ2v) is 5.42. The van der Waals surface area contributed by atoms with E-state index in [4.69, 9.17) is 10.3 Å². The SMILES string of the molecule is Cc1nc(CN2CCN(C(=O)c3cccc(N)c3)CC2)no1. The van der Waals surface area contributed by atoms with E-state index in [2.05, 4.69) is 15.0 Å². The number of hydrogen-bond donors (Lipinski definition) is 1. The van der Waals surface area contributed by atoms with E-state index in [1.54, 1.807) is 31.2 Å². The van der Waals surface area contributed by atoms with E-state index in [9.17, 15) is 4.79 Å². The number of nitrogens with two attached hydrogens (primary N) is 1. The Hall–Kier alpha value is -2.41. The number of hydrogen-bond acceptors (Lipinski definition) is 6. The van der Waals surface area contributed by atoms with Crippen LogP contribution in [0.5, 0.6) is 0 Å². The van der Waals surface area contributed by atoms with Crippen molar-refractivity contribution >= 4 is 11.6 Å². The van der Waals surface area contributed by atoms with Crippen molar-refractivity contribution < 1.29 is 9.32 Å². The van der Waals surface area contributed by atoms with Crippen LogP contribution in [0.1, 0.15) is 22.1 Å². The third-order valence-corrected chi connectivity index (χ3v) is 3.73. The van der Waals surface area contributed by atoms with Gasteiger partial charge in [-0.2, -0.15) is 4.98 Å². The number of rotatable bonds is 3. The van der Waals surface area contributed by atoms with Gasteiger partial charge in [-0.05, 0) is 18.2 Å². The third-order valence-electron chi connectivity index (χ3n) is 3.73. The summed E-state index contributed by atoms with van der Waals surface area (Å²) in [6.07, 6.45) is 0. The van der Waals surface area contributed by atoms with E-state index < -0.39 is 0 Å². The molecule has 0 atom stereocenters. The number of aryl methyl sites for hydroxylation is 1. The van der Waals surface area contributed by atoms with Crippen LogP contribution in [0, 0.1) is 6.92 Å². The van der Waals surface area contributed by atoms with Crippen LogP contribution in [0.15, 0.2) is 28.8 Å². The van der Waals surface area contributed by atoms with Crippen molar-refractivity contribution in [1.82, 2.24) is 19.9 Å². The molecule has 116 valence electrons. The molecule has 1 aromatic heterocycles. The molecule has 2 aromatic rings. The zero-order valence-corrected chi connectivity index (χ0v) is 12.5. The number of carbonyl (C=O) groups excluding carboxylic acids is 1. The molecular formula is C15H19N5O2. The lowest BCUT2D eigenvalue weighted by Gasteiger charge is -2.34. The summed E-state index contributed by atoms with van der Waals surface area (Å²) in [7, 11) is 0. The van der Waals surface area contributed by atoms with Crippen LogP contribution in [0.4, 0.5) is 5.69 Å². The van der Waals surface area contributed by atoms with Crippen LogP contribution in [-0.4, -0.2) is 52.0 Å². The van der Waals surface area contributed by atoms with Gasteiger partial charge in [0.25, 0.3) is 5.91 Å². The number of amides is 1. The lowest BCUT2D eigenvalue weighted by Crippen LogP contribution is -2.48. The Morgan fingerprint density at radius 2 is 2.09 bits per heavy atom. The number of nitrogen functional groups attached to an aromatic ring is 1. The first-order chi connectivity index (χ1) is 10.6. The van der Waals surface area contributed by atoms with Crippen molar-refractivity contribution in [1.29, 1.82) is 0 Å². The molecule has 3 rings (SSSR count). The fraction of sp³-hybridized carbons (Fsp3) is 0.400. The van der Waals surface area contributed by atoms with Gasteiger partial charge in [-0.3, -0.25) is 9.69 Å². The predicted molar refractivity (Wildman–Crippen MR) is 81.1 cm³/mol. The lowest BCUT2D eigenvalue weighted by molar-refractivity contribution is 0.0624. The zero-order valence-electron chi connectivity index (χ0n) is 12.5. The van der Waals surface area contributed by atoms with Gasteiger partial charge in [0.05, 0.1) is 6.54 Å². The number of nitrogens with zero attached hydrogens (tertiary/aromatic N) is 4. The summed E-state index contributed by atoms with van der Waals surface area (Å²) in [5.41, 5.74) is 6.98. The van der Waals surface area contributed by atoms with E-state index in [1.165, 1.54) is 0 Å². The molecule has 1 aliphatic rings. The minimum absolute atomic E-state index is 0.0300. The highest BCUT2D eigenvalue weighted by molar-refractivity contribution is 5.95. The van der Waals surface area contributed by atoms with E-state index in [0.29, 0.717) is 42.6 Å². The first-order valence-electron chi connectivity index (χ1n) is 7.28. The third kappa shape index (κ3) is 3.25. The quantitative estimate of drug-likeness (QED) is 0.848. The fourth-order valence-electron chi connectivity index (χ4n) is 2.57. The maximum atomic E-state index is 12.4. The fourth-order valence-corrected chi connectivity index (χ4v) is 2.57. The molecule has 0 unspecified atom stereocenters. The summed E-state index contributed by atoms with van der Waals surface area (Å²) in [6.45, 7) is 5.38. The average molecular weight is 301 g/mol. The topological polar surface area (TPSA) is 88.5 Å². The van der Waals surface area contributed by atoms with Gasteiger partial charge in [-0.15, -0.1) is 0 Å². The molecule has 0 bridgehead atoms. The zero-order chi connectivity index (χ0) is 15.5. The smallest absolute Gasteiger partial charge is 0.254 e. The molecule has 1 fully saturated rings. The summed E-state index contributed by atoms with van der Waals surface area (Å²) in [6, 6.07) is 7.10. The molecule has 2 N–H and O–H groups in total. The Bertz CT molecular complexity index is 661. The highest BCUT2D eigenvalue weighted by Gasteiger charge is 2.23. The molecule has 1 amide bonds. The first kappa shape index (κ1) is 14.5. The van der Waals surface area contributed by atoms with Crippen molar-refractivity contribution in [3.63, 3.8) is 0 Å². The van der Waals surface area contributed by atoms with Crippen LogP contribution < -0.4 is 5.73 Å². The van der Waals surface area contributed by atoms with Gasteiger partial charge in [0, 0.05) is 44.4 Å². The molecule has 0 saturated carbocycles. The van der Waals surface area contributed by atoms with Crippen molar-refractivity contribution in [2.75, 3.05) is 31.9 Å². The summed E-state index contributed by atoms with van der Waals surface area (Å²) in [4.78, 5) is 20.7. The van der Waals surface area contributed by atoms with Gasteiger partial charge in [0.15, 0.2) is 5.82 Å². The molecule has 7 nitrogen and oxygen atoms in total. The van der Waals surface area contributed by atoms with Crippen molar-refractivity contribution in [2.24, 2.45) is 0 Å². The highest BCUT2D eigenvalue weighted by Crippen LogP contribution is 2.13. The molecule has 7 heteroatoms. The van der Waals surface area contributed by atoms with Crippen LogP contribution in [-0.2, 0) is 6.54 Å². The second-order valence-electron chi connectivity index (χ2n) is 5.42. The Morgan fingerprint density at radius 1 is 1.32 bits per heavy atom. The van der Waals surface area contributed by atoms with Crippen molar-refractivity contribution in [2.45, 2.75) is 13.5 Å². The number of benzene rings is 1. The predicted octanol–water partition coefficient (Wildman–Crippen LogP) is 0.918. The molecule has 1 aliphatic heterocycles. The molecule has 1 saturated heterocycles. The average Bonchev–Trinajstić information content (AvgIpc) is 2.92. The maximum Gasteiger partial charge on any atom is 0.254 e. The Balaban J connectivity index is 1.56. The van der Waals surface area contributed by atoms with Gasteiger partial charge >= 0.3 is 0 Å². The summed E-state index contributed by atoms with van der Waals surface area (Å²) in [5.74, 6) is 1.29. The number of piperazine rings is 1. The van der Waals surface area contributed by atoms with Gasteiger partial charge in [-0.1, -0.05) is 11.2 Å². The maximum absolute atomic E-state index is 12.4. The van der Waals surface area contributed by atoms with Crippen molar-refractivity contribution in [3.8, 4) is 0 Å². The second kappa shape index (κ2) is 6.15. The molecular weight excluding hydrogens is 282 g/mol. The molecule has 1 aromatic carbocycles. The monoisotopic (exact) mass is 301 g/mol. The number of aromatic nitrogens is 2. The number of anilines is 1. The highest BCUT2D eigenvalue weighted by atomic mass is 16.5.